The SMILES string of the molecule is CC(=O)Cc1ccc(-c2nnc(-c3ccc4c(c3)C[C@@](CO)(NCc3ccccc3)CC4)o2)cc1. The Morgan fingerprint density at radius 1 is 0.943 bits per heavy atom. The van der Waals surface area contributed by atoms with Crippen molar-refractivity contribution in [2.24, 2.45) is 0 Å². The molecule has 0 spiro atoms. The molecule has 6 heteroatoms. The number of ketones is 1. The number of aromatic nitrogens is 2. The molecular weight excluding hydrogens is 438 g/mol. The number of aliphatic hydroxyl groups is 1. The zero-order valence-corrected chi connectivity index (χ0v) is 19.8. The van der Waals surface area contributed by atoms with E-state index < -0.39 is 0 Å². The van der Waals surface area contributed by atoms with Crippen LogP contribution in [0, 0.1) is 0 Å². The van der Waals surface area contributed by atoms with Crippen LogP contribution in [-0.4, -0.2) is 33.2 Å². The van der Waals surface area contributed by atoms with Gasteiger partial charge in [0.2, 0.25) is 11.8 Å². The van der Waals surface area contributed by atoms with Gasteiger partial charge in [-0.3, -0.25) is 4.79 Å². The number of carbonyl (C=O) groups excluding carboxylic acids is 1. The van der Waals surface area contributed by atoms with Gasteiger partial charge in [-0.25, -0.2) is 0 Å². The molecule has 0 unspecified atom stereocenters. The van der Waals surface area contributed by atoms with Crippen molar-refractivity contribution < 1.29 is 14.3 Å². The van der Waals surface area contributed by atoms with Crippen LogP contribution in [0.15, 0.2) is 77.2 Å². The van der Waals surface area contributed by atoms with Gasteiger partial charge in [0.1, 0.15) is 5.78 Å². The van der Waals surface area contributed by atoms with Crippen LogP contribution < -0.4 is 5.32 Å². The second-order valence-electron chi connectivity index (χ2n) is 9.43. The fraction of sp³-hybridized carbons (Fsp3) is 0.276. The summed E-state index contributed by atoms with van der Waals surface area (Å²) >= 11 is 0. The lowest BCUT2D eigenvalue weighted by molar-refractivity contribution is -0.116. The van der Waals surface area contributed by atoms with Gasteiger partial charge in [-0.2, -0.15) is 0 Å². The lowest BCUT2D eigenvalue weighted by Gasteiger charge is -2.38. The number of hydrogen-bond acceptors (Lipinski definition) is 6. The first-order chi connectivity index (χ1) is 17.0. The van der Waals surface area contributed by atoms with Gasteiger partial charge in [0, 0.05) is 29.6 Å². The van der Waals surface area contributed by atoms with E-state index in [-0.39, 0.29) is 17.9 Å². The average Bonchev–Trinajstić information content (AvgIpc) is 3.38. The highest BCUT2D eigenvalue weighted by Crippen LogP contribution is 2.33. The number of nitrogens with zero attached hydrogens (tertiary/aromatic N) is 2. The predicted octanol–water partition coefficient (Wildman–Crippen LogP) is 4.54. The lowest BCUT2D eigenvalue weighted by atomic mass is 9.77. The molecule has 6 nitrogen and oxygen atoms in total. The maximum absolute atomic E-state index is 11.3. The van der Waals surface area contributed by atoms with Crippen LogP contribution in [0.1, 0.15) is 35.6 Å². The van der Waals surface area contributed by atoms with E-state index in [0.717, 1.165) is 36.0 Å². The third-order valence-corrected chi connectivity index (χ3v) is 6.75. The molecule has 178 valence electrons. The van der Waals surface area contributed by atoms with Crippen LogP contribution in [0.2, 0.25) is 0 Å². The van der Waals surface area contributed by atoms with E-state index in [1.165, 1.54) is 16.7 Å². The highest BCUT2D eigenvalue weighted by atomic mass is 16.4. The fourth-order valence-electron chi connectivity index (χ4n) is 4.73. The van der Waals surface area contributed by atoms with Crippen molar-refractivity contribution in [3.05, 3.63) is 95.1 Å². The van der Waals surface area contributed by atoms with Crippen molar-refractivity contribution >= 4 is 5.78 Å². The monoisotopic (exact) mass is 467 g/mol. The quantitative estimate of drug-likeness (QED) is 0.395. The first-order valence-corrected chi connectivity index (χ1v) is 12.0. The number of Topliss-reactive ketones (excluding diaryl/α,β-unsaturated/α-hetero) is 1. The van der Waals surface area contributed by atoms with Gasteiger partial charge >= 0.3 is 0 Å². The number of carbonyl (C=O) groups is 1. The molecule has 0 fully saturated rings. The molecule has 0 bridgehead atoms. The summed E-state index contributed by atoms with van der Waals surface area (Å²) in [6, 6.07) is 24.1. The maximum atomic E-state index is 11.3. The summed E-state index contributed by atoms with van der Waals surface area (Å²) in [5.41, 5.74) is 5.97. The van der Waals surface area contributed by atoms with E-state index in [2.05, 4.69) is 39.8 Å². The normalized spacial score (nSPS) is 17.2. The molecule has 0 amide bonds. The van der Waals surface area contributed by atoms with E-state index in [1.807, 2.05) is 48.5 Å². The van der Waals surface area contributed by atoms with Crippen molar-refractivity contribution in [3.63, 3.8) is 0 Å². The number of nitrogens with one attached hydrogen (secondary N) is 1. The topological polar surface area (TPSA) is 88.2 Å². The molecule has 3 aromatic carbocycles. The molecular formula is C29H29N3O3. The van der Waals surface area contributed by atoms with Gasteiger partial charge in [0.15, 0.2) is 0 Å². The number of fused-ring (bicyclic) bond motifs is 1. The average molecular weight is 468 g/mol. The fourth-order valence-corrected chi connectivity index (χ4v) is 4.73. The van der Waals surface area contributed by atoms with Crippen molar-refractivity contribution in [1.29, 1.82) is 0 Å². The molecule has 0 saturated heterocycles. The second kappa shape index (κ2) is 9.94. The molecule has 0 saturated carbocycles. The summed E-state index contributed by atoms with van der Waals surface area (Å²) in [6.45, 7) is 2.38. The minimum atomic E-state index is -0.358. The summed E-state index contributed by atoms with van der Waals surface area (Å²) in [5.74, 6) is 1.04. The minimum Gasteiger partial charge on any atom is -0.416 e. The van der Waals surface area contributed by atoms with Crippen LogP contribution in [0.3, 0.4) is 0 Å². The van der Waals surface area contributed by atoms with Gasteiger partial charge in [-0.15, -0.1) is 10.2 Å². The largest absolute Gasteiger partial charge is 0.416 e. The summed E-state index contributed by atoms with van der Waals surface area (Å²) in [4.78, 5) is 11.3. The Kier molecular flexibility index (Phi) is 6.57. The van der Waals surface area contributed by atoms with E-state index in [1.54, 1.807) is 6.92 Å². The van der Waals surface area contributed by atoms with Gasteiger partial charge in [0.25, 0.3) is 0 Å². The summed E-state index contributed by atoms with van der Waals surface area (Å²) < 4.78 is 6.00. The smallest absolute Gasteiger partial charge is 0.248 e. The lowest BCUT2D eigenvalue weighted by Crippen LogP contribution is -2.52. The van der Waals surface area contributed by atoms with Gasteiger partial charge in [-0.05, 0) is 72.7 Å². The Labute approximate surface area is 205 Å². The van der Waals surface area contributed by atoms with E-state index in [9.17, 15) is 9.90 Å². The van der Waals surface area contributed by atoms with Crippen molar-refractivity contribution in [2.75, 3.05) is 6.61 Å². The zero-order chi connectivity index (χ0) is 24.3. The van der Waals surface area contributed by atoms with E-state index in [4.69, 9.17) is 4.42 Å². The molecule has 4 aromatic rings. The van der Waals surface area contributed by atoms with E-state index in [0.29, 0.717) is 24.7 Å². The van der Waals surface area contributed by atoms with E-state index >= 15 is 0 Å². The summed E-state index contributed by atoms with van der Waals surface area (Å²) in [7, 11) is 0. The molecule has 1 aliphatic carbocycles. The van der Waals surface area contributed by atoms with Crippen LogP contribution >= 0.6 is 0 Å². The first kappa shape index (κ1) is 23.1. The van der Waals surface area contributed by atoms with Crippen LogP contribution in [0.4, 0.5) is 0 Å². The highest BCUT2D eigenvalue weighted by molar-refractivity contribution is 5.78. The Morgan fingerprint density at radius 2 is 1.66 bits per heavy atom. The number of benzene rings is 3. The molecule has 35 heavy (non-hydrogen) atoms. The van der Waals surface area contributed by atoms with Crippen LogP contribution in [0.25, 0.3) is 22.9 Å². The van der Waals surface area contributed by atoms with Crippen molar-refractivity contribution in [1.82, 2.24) is 15.5 Å². The Hall–Kier alpha value is -3.61. The molecule has 2 N–H and O–H groups in total. The Morgan fingerprint density at radius 3 is 2.37 bits per heavy atom. The third kappa shape index (κ3) is 5.24. The van der Waals surface area contributed by atoms with Crippen molar-refractivity contribution in [3.8, 4) is 22.9 Å². The first-order valence-electron chi connectivity index (χ1n) is 12.0. The zero-order valence-electron chi connectivity index (χ0n) is 19.8. The number of aliphatic hydroxyl groups excluding tert-OH is 1. The number of hydrogen-bond donors (Lipinski definition) is 2. The maximum Gasteiger partial charge on any atom is 0.248 e. The molecule has 0 radical (unpaired) electrons. The highest BCUT2D eigenvalue weighted by Gasteiger charge is 2.33. The van der Waals surface area contributed by atoms with Gasteiger partial charge in [0.05, 0.1) is 6.61 Å². The Balaban J connectivity index is 1.33. The Bertz CT molecular complexity index is 1310. The summed E-state index contributed by atoms with van der Waals surface area (Å²) in [6.07, 6.45) is 2.94. The standard InChI is InChI=1S/C29H29N3O3/c1-20(34)15-21-7-9-24(10-8-21)27-31-32-28(35-27)25-12-11-23-13-14-29(19-33,17-26(23)16-25)30-18-22-5-3-2-4-6-22/h2-12,16,30,33H,13-15,17-19H2,1H3/t29-/m0/s1. The molecule has 1 aromatic heterocycles. The third-order valence-electron chi connectivity index (χ3n) is 6.75. The van der Waals surface area contributed by atoms with Gasteiger partial charge in [-0.1, -0.05) is 48.5 Å². The van der Waals surface area contributed by atoms with Crippen molar-refractivity contribution in [2.45, 2.75) is 44.7 Å². The van der Waals surface area contributed by atoms with Crippen LogP contribution in [0.5, 0.6) is 0 Å². The number of rotatable bonds is 8. The van der Waals surface area contributed by atoms with Gasteiger partial charge < -0.3 is 14.8 Å². The second-order valence-corrected chi connectivity index (χ2v) is 9.43. The van der Waals surface area contributed by atoms with Crippen LogP contribution in [-0.2, 0) is 30.6 Å². The molecule has 1 atom stereocenters. The predicted molar refractivity (Wildman–Crippen MR) is 135 cm³/mol. The minimum absolute atomic E-state index is 0.0772. The summed E-state index contributed by atoms with van der Waals surface area (Å²) in [5, 5.41) is 22.4. The molecule has 1 aliphatic rings. The molecule has 0 aliphatic heterocycles. The molecule has 1 heterocycles. The molecule has 5 rings (SSSR count). The number of aryl methyl sites for hydroxylation is 1.